The average molecular weight is 269 g/mol. The van der Waals surface area contributed by atoms with Gasteiger partial charge in [0.2, 0.25) is 0 Å². The monoisotopic (exact) mass is 269 g/mol. The lowest BCUT2D eigenvalue weighted by Crippen LogP contribution is -2.51. The standard InChI is InChI=1S/C9H14F7N/c1-17-6-4-2-3-5-7(10,11)8(12,13)9(14,15)16/h17H,2-6H2,1H3. The molecule has 17 heavy (non-hydrogen) atoms. The van der Waals surface area contributed by atoms with E-state index in [9.17, 15) is 30.7 Å². The van der Waals surface area contributed by atoms with Crippen LogP contribution < -0.4 is 5.32 Å². The third-order valence-electron chi connectivity index (χ3n) is 2.23. The zero-order valence-electron chi connectivity index (χ0n) is 9.18. The van der Waals surface area contributed by atoms with E-state index in [1.807, 2.05) is 0 Å². The number of unbranched alkanes of at least 4 members (excludes halogenated alkanes) is 2. The molecule has 0 rings (SSSR count). The Bertz CT molecular complexity index is 224. The molecule has 0 saturated carbocycles. The zero-order chi connectivity index (χ0) is 13.7. The molecule has 0 saturated heterocycles. The van der Waals surface area contributed by atoms with Crippen LogP contribution in [0.1, 0.15) is 25.7 Å². The van der Waals surface area contributed by atoms with Gasteiger partial charge >= 0.3 is 18.0 Å². The minimum Gasteiger partial charge on any atom is -0.320 e. The van der Waals surface area contributed by atoms with E-state index >= 15 is 0 Å². The molecule has 0 unspecified atom stereocenters. The second-order valence-electron chi connectivity index (χ2n) is 3.69. The SMILES string of the molecule is CNCCCCCC(F)(F)C(F)(F)C(F)(F)F. The Morgan fingerprint density at radius 3 is 1.76 bits per heavy atom. The quantitative estimate of drug-likeness (QED) is 0.550. The van der Waals surface area contributed by atoms with Crippen LogP contribution >= 0.6 is 0 Å². The summed E-state index contributed by atoms with van der Waals surface area (Å²) in [4.78, 5) is 0. The fraction of sp³-hybridized carbons (Fsp3) is 1.00. The summed E-state index contributed by atoms with van der Waals surface area (Å²) in [5.41, 5.74) is 0. The molecular weight excluding hydrogens is 255 g/mol. The van der Waals surface area contributed by atoms with Gasteiger partial charge in [-0.1, -0.05) is 6.42 Å². The molecule has 0 atom stereocenters. The van der Waals surface area contributed by atoms with E-state index in [2.05, 4.69) is 5.32 Å². The van der Waals surface area contributed by atoms with Gasteiger partial charge in [0.05, 0.1) is 0 Å². The van der Waals surface area contributed by atoms with Crippen LogP contribution in [0, 0.1) is 0 Å². The Hall–Kier alpha value is -0.530. The molecule has 0 aliphatic rings. The van der Waals surface area contributed by atoms with Crippen molar-refractivity contribution in [3.63, 3.8) is 0 Å². The summed E-state index contributed by atoms with van der Waals surface area (Å²) in [6, 6.07) is 0. The highest BCUT2D eigenvalue weighted by molar-refractivity contribution is 4.90. The van der Waals surface area contributed by atoms with E-state index in [1.165, 1.54) is 0 Å². The van der Waals surface area contributed by atoms with E-state index in [-0.39, 0.29) is 12.8 Å². The average Bonchev–Trinajstić information content (AvgIpc) is 2.15. The van der Waals surface area contributed by atoms with Gasteiger partial charge in [-0.3, -0.25) is 0 Å². The van der Waals surface area contributed by atoms with E-state index in [0.717, 1.165) is 0 Å². The van der Waals surface area contributed by atoms with Crippen molar-refractivity contribution in [2.75, 3.05) is 13.6 Å². The van der Waals surface area contributed by atoms with Crippen LogP contribution in [0.3, 0.4) is 0 Å². The Morgan fingerprint density at radius 1 is 0.824 bits per heavy atom. The summed E-state index contributed by atoms with van der Waals surface area (Å²) in [6.07, 6.45) is -7.44. The van der Waals surface area contributed by atoms with Crippen LogP contribution in [0.5, 0.6) is 0 Å². The van der Waals surface area contributed by atoms with Crippen molar-refractivity contribution in [2.45, 2.75) is 43.7 Å². The van der Waals surface area contributed by atoms with Crippen LogP contribution in [0.2, 0.25) is 0 Å². The maximum atomic E-state index is 12.7. The molecule has 1 N–H and O–H groups in total. The lowest BCUT2D eigenvalue weighted by Gasteiger charge is -2.28. The van der Waals surface area contributed by atoms with Gasteiger partial charge < -0.3 is 5.32 Å². The minimum absolute atomic E-state index is 0.171. The van der Waals surface area contributed by atoms with Crippen LogP contribution in [0.15, 0.2) is 0 Å². The van der Waals surface area contributed by atoms with Crippen molar-refractivity contribution < 1.29 is 30.7 Å². The van der Waals surface area contributed by atoms with Gasteiger partial charge in [0, 0.05) is 6.42 Å². The number of nitrogens with one attached hydrogen (secondary N) is 1. The number of alkyl halides is 7. The van der Waals surface area contributed by atoms with E-state index in [0.29, 0.717) is 13.0 Å². The van der Waals surface area contributed by atoms with Gasteiger partial charge in [0.15, 0.2) is 0 Å². The third-order valence-corrected chi connectivity index (χ3v) is 2.23. The molecule has 8 heteroatoms. The van der Waals surface area contributed by atoms with E-state index in [1.54, 1.807) is 7.05 Å². The van der Waals surface area contributed by atoms with Crippen molar-refractivity contribution in [3.8, 4) is 0 Å². The first kappa shape index (κ1) is 16.5. The first-order valence-electron chi connectivity index (χ1n) is 5.03. The summed E-state index contributed by atoms with van der Waals surface area (Å²) in [6.45, 7) is 0.501. The number of hydrogen-bond donors (Lipinski definition) is 1. The molecule has 0 heterocycles. The molecule has 0 aromatic carbocycles. The highest BCUT2D eigenvalue weighted by Gasteiger charge is 2.72. The predicted molar refractivity (Wildman–Crippen MR) is 48.3 cm³/mol. The molecule has 0 radical (unpaired) electrons. The van der Waals surface area contributed by atoms with Crippen molar-refractivity contribution in [1.82, 2.24) is 5.32 Å². The van der Waals surface area contributed by atoms with E-state index in [4.69, 9.17) is 0 Å². The highest BCUT2D eigenvalue weighted by atomic mass is 19.4. The van der Waals surface area contributed by atoms with E-state index < -0.39 is 24.4 Å². The summed E-state index contributed by atoms with van der Waals surface area (Å²) in [5, 5.41) is 2.70. The molecule has 0 amide bonds. The summed E-state index contributed by atoms with van der Waals surface area (Å²) >= 11 is 0. The maximum absolute atomic E-state index is 12.7. The maximum Gasteiger partial charge on any atom is 0.459 e. The van der Waals surface area contributed by atoms with Crippen molar-refractivity contribution >= 4 is 0 Å². The second-order valence-corrected chi connectivity index (χ2v) is 3.69. The Morgan fingerprint density at radius 2 is 1.35 bits per heavy atom. The molecule has 0 aliphatic carbocycles. The van der Waals surface area contributed by atoms with Crippen LogP contribution in [0.4, 0.5) is 30.7 Å². The van der Waals surface area contributed by atoms with Gasteiger partial charge in [-0.15, -0.1) is 0 Å². The predicted octanol–water partition coefficient (Wildman–Crippen LogP) is 3.60. The normalized spacial score (nSPS) is 14.1. The lowest BCUT2D eigenvalue weighted by atomic mass is 10.0. The Balaban J connectivity index is 4.28. The lowest BCUT2D eigenvalue weighted by molar-refractivity contribution is -0.355. The van der Waals surface area contributed by atoms with Gasteiger partial charge in [0.1, 0.15) is 0 Å². The first-order chi connectivity index (χ1) is 7.56. The molecule has 0 spiro atoms. The molecule has 0 bridgehead atoms. The number of rotatable bonds is 7. The molecule has 0 aromatic rings. The highest BCUT2D eigenvalue weighted by Crippen LogP contribution is 2.48. The summed E-state index contributed by atoms with van der Waals surface area (Å²) in [7, 11) is 1.62. The topological polar surface area (TPSA) is 12.0 Å². The zero-order valence-corrected chi connectivity index (χ0v) is 9.18. The van der Waals surface area contributed by atoms with Gasteiger partial charge in [0.25, 0.3) is 0 Å². The first-order valence-corrected chi connectivity index (χ1v) is 5.03. The van der Waals surface area contributed by atoms with Crippen molar-refractivity contribution in [2.24, 2.45) is 0 Å². The Kier molecular flexibility index (Phi) is 5.70. The molecule has 0 aliphatic heterocycles. The summed E-state index contributed by atoms with van der Waals surface area (Å²) < 4.78 is 85.4. The molecule has 104 valence electrons. The summed E-state index contributed by atoms with van der Waals surface area (Å²) in [5.74, 6) is -11.0. The van der Waals surface area contributed by atoms with Crippen LogP contribution in [-0.2, 0) is 0 Å². The number of hydrogen-bond acceptors (Lipinski definition) is 1. The van der Waals surface area contributed by atoms with Crippen LogP contribution in [-0.4, -0.2) is 31.6 Å². The Labute approximate surface area is 94.4 Å². The largest absolute Gasteiger partial charge is 0.459 e. The van der Waals surface area contributed by atoms with Gasteiger partial charge in [-0.05, 0) is 26.4 Å². The van der Waals surface area contributed by atoms with Gasteiger partial charge in [-0.2, -0.15) is 30.7 Å². The van der Waals surface area contributed by atoms with Crippen LogP contribution in [0.25, 0.3) is 0 Å². The third kappa shape index (κ3) is 4.33. The number of halogens is 7. The molecular formula is C9H14F7N. The van der Waals surface area contributed by atoms with Crippen molar-refractivity contribution in [3.05, 3.63) is 0 Å². The molecule has 0 fully saturated rings. The minimum atomic E-state index is -6.22. The molecule has 1 nitrogen and oxygen atoms in total. The smallest absolute Gasteiger partial charge is 0.320 e. The van der Waals surface area contributed by atoms with Crippen molar-refractivity contribution in [1.29, 1.82) is 0 Å². The fourth-order valence-electron chi connectivity index (χ4n) is 1.19. The molecule has 0 aromatic heterocycles. The second kappa shape index (κ2) is 5.88. The fourth-order valence-corrected chi connectivity index (χ4v) is 1.19. The van der Waals surface area contributed by atoms with Gasteiger partial charge in [-0.25, -0.2) is 0 Å².